The molecule has 0 fully saturated rings. The molecule has 0 radical (unpaired) electrons. The molecule has 1 N–H and O–H groups in total. The normalized spacial score (nSPS) is 18.4. The molecular formula is C14H16ClNO2. The molecule has 18 heavy (non-hydrogen) atoms. The summed E-state index contributed by atoms with van der Waals surface area (Å²) in [6.07, 6.45) is 6.84. The molecular weight excluding hydrogens is 250 g/mol. The highest BCUT2D eigenvalue weighted by atomic mass is 35.5. The molecule has 0 saturated carbocycles. The lowest BCUT2D eigenvalue weighted by molar-refractivity contribution is -0.120. The van der Waals surface area contributed by atoms with E-state index in [2.05, 4.69) is 17.5 Å². The number of rotatable bonds is 3. The summed E-state index contributed by atoms with van der Waals surface area (Å²) in [6, 6.07) is 5.23. The first kappa shape index (κ1) is 13.0. The van der Waals surface area contributed by atoms with Crippen molar-refractivity contribution in [1.82, 2.24) is 0 Å². The maximum atomic E-state index is 12.0. The summed E-state index contributed by atoms with van der Waals surface area (Å²) in [7, 11) is 1.58. The van der Waals surface area contributed by atoms with Crippen molar-refractivity contribution in [2.75, 3.05) is 12.4 Å². The zero-order valence-corrected chi connectivity index (χ0v) is 11.0. The maximum Gasteiger partial charge on any atom is 0.227 e. The van der Waals surface area contributed by atoms with Crippen molar-refractivity contribution in [2.24, 2.45) is 5.92 Å². The van der Waals surface area contributed by atoms with Gasteiger partial charge in [0.2, 0.25) is 5.91 Å². The second kappa shape index (κ2) is 5.91. The third kappa shape index (κ3) is 3.05. The fourth-order valence-electron chi connectivity index (χ4n) is 1.99. The molecule has 3 nitrogen and oxygen atoms in total. The van der Waals surface area contributed by atoms with Gasteiger partial charge in [-0.3, -0.25) is 4.79 Å². The van der Waals surface area contributed by atoms with Crippen LogP contribution in [0.25, 0.3) is 0 Å². The van der Waals surface area contributed by atoms with E-state index in [1.165, 1.54) is 0 Å². The van der Waals surface area contributed by atoms with Crippen LogP contribution in [0.1, 0.15) is 19.3 Å². The Bertz CT molecular complexity index is 471. The highest BCUT2D eigenvalue weighted by Gasteiger charge is 2.19. The number of hydrogen-bond acceptors (Lipinski definition) is 2. The molecule has 1 atom stereocenters. The fraction of sp³-hybridized carbons (Fsp3) is 0.357. The van der Waals surface area contributed by atoms with Crippen LogP contribution in [0.3, 0.4) is 0 Å². The van der Waals surface area contributed by atoms with Crippen LogP contribution >= 0.6 is 11.6 Å². The van der Waals surface area contributed by atoms with Crippen molar-refractivity contribution in [1.29, 1.82) is 0 Å². The number of benzene rings is 1. The van der Waals surface area contributed by atoms with Gasteiger partial charge < -0.3 is 10.1 Å². The third-order valence-corrected chi connectivity index (χ3v) is 3.39. The first-order chi connectivity index (χ1) is 8.70. The summed E-state index contributed by atoms with van der Waals surface area (Å²) < 4.78 is 5.07. The molecule has 1 aromatic carbocycles. The second-order valence-corrected chi connectivity index (χ2v) is 4.72. The molecule has 0 bridgehead atoms. The van der Waals surface area contributed by atoms with Crippen molar-refractivity contribution in [2.45, 2.75) is 19.3 Å². The average Bonchev–Trinajstić information content (AvgIpc) is 2.42. The van der Waals surface area contributed by atoms with Crippen LogP contribution < -0.4 is 10.1 Å². The average molecular weight is 266 g/mol. The van der Waals surface area contributed by atoms with Gasteiger partial charge in [-0.1, -0.05) is 23.8 Å². The van der Waals surface area contributed by atoms with Gasteiger partial charge in [0, 0.05) is 12.0 Å². The van der Waals surface area contributed by atoms with Crippen molar-refractivity contribution >= 4 is 23.2 Å². The molecule has 0 aliphatic heterocycles. The number of carbonyl (C=O) groups is 1. The number of hydrogen-bond donors (Lipinski definition) is 1. The van der Waals surface area contributed by atoms with Crippen LogP contribution in [0.2, 0.25) is 5.02 Å². The van der Waals surface area contributed by atoms with Crippen molar-refractivity contribution in [3.8, 4) is 5.75 Å². The number of methoxy groups -OCH3 is 1. The lowest BCUT2D eigenvalue weighted by atomic mass is 9.93. The Hall–Kier alpha value is -1.48. The number of halogens is 1. The van der Waals surface area contributed by atoms with Crippen LogP contribution in [0.15, 0.2) is 30.4 Å². The third-order valence-electron chi connectivity index (χ3n) is 3.07. The number of carbonyl (C=O) groups excluding carboxylic acids is 1. The largest absolute Gasteiger partial charge is 0.497 e. The molecule has 0 aromatic heterocycles. The van der Waals surface area contributed by atoms with E-state index < -0.39 is 0 Å². The molecule has 0 saturated heterocycles. The van der Waals surface area contributed by atoms with E-state index in [1.54, 1.807) is 25.3 Å². The zero-order valence-electron chi connectivity index (χ0n) is 10.3. The quantitative estimate of drug-likeness (QED) is 0.848. The molecule has 1 aromatic rings. The number of ether oxygens (including phenoxy) is 1. The van der Waals surface area contributed by atoms with Crippen LogP contribution in [-0.4, -0.2) is 13.0 Å². The van der Waals surface area contributed by atoms with Gasteiger partial charge in [-0.15, -0.1) is 0 Å². The van der Waals surface area contributed by atoms with E-state index in [0.29, 0.717) is 16.5 Å². The van der Waals surface area contributed by atoms with Gasteiger partial charge in [0.1, 0.15) is 5.75 Å². The minimum absolute atomic E-state index is 0.0337. The van der Waals surface area contributed by atoms with Crippen LogP contribution in [0.5, 0.6) is 5.75 Å². The summed E-state index contributed by atoms with van der Waals surface area (Å²) in [5.74, 6) is 0.762. The van der Waals surface area contributed by atoms with Crippen LogP contribution in [0.4, 0.5) is 5.69 Å². The fourth-order valence-corrected chi connectivity index (χ4v) is 2.21. The number of allylic oxidation sites excluding steroid dienone is 2. The van der Waals surface area contributed by atoms with E-state index in [4.69, 9.17) is 16.3 Å². The van der Waals surface area contributed by atoms with E-state index in [1.807, 2.05) is 0 Å². The molecule has 0 spiro atoms. The van der Waals surface area contributed by atoms with Crippen molar-refractivity contribution in [3.05, 3.63) is 35.4 Å². The minimum Gasteiger partial charge on any atom is -0.497 e. The standard InChI is InChI=1S/C14H16ClNO2/c1-18-11-7-8-13(12(15)9-11)16-14(17)10-5-3-2-4-6-10/h2-3,7-10H,4-6H2,1H3,(H,16,17). The monoisotopic (exact) mass is 265 g/mol. The minimum atomic E-state index is 0.0337. The number of amides is 1. The first-order valence-electron chi connectivity index (χ1n) is 6.00. The maximum absolute atomic E-state index is 12.0. The van der Waals surface area contributed by atoms with Crippen LogP contribution in [-0.2, 0) is 4.79 Å². The smallest absolute Gasteiger partial charge is 0.227 e. The van der Waals surface area contributed by atoms with Gasteiger partial charge in [-0.2, -0.15) is 0 Å². The summed E-state index contributed by atoms with van der Waals surface area (Å²) in [5.41, 5.74) is 0.636. The second-order valence-electron chi connectivity index (χ2n) is 4.32. The van der Waals surface area contributed by atoms with E-state index in [-0.39, 0.29) is 11.8 Å². The molecule has 1 aliphatic carbocycles. The van der Waals surface area contributed by atoms with Crippen LogP contribution in [0, 0.1) is 5.92 Å². The summed E-state index contributed by atoms with van der Waals surface area (Å²) in [4.78, 5) is 12.0. The Morgan fingerprint density at radius 2 is 2.28 bits per heavy atom. The Kier molecular flexibility index (Phi) is 4.26. The van der Waals surface area contributed by atoms with Gasteiger partial charge in [-0.25, -0.2) is 0 Å². The van der Waals surface area contributed by atoms with Gasteiger partial charge in [0.05, 0.1) is 17.8 Å². The molecule has 4 heteroatoms. The van der Waals surface area contributed by atoms with E-state index in [0.717, 1.165) is 19.3 Å². The highest BCUT2D eigenvalue weighted by molar-refractivity contribution is 6.33. The lowest BCUT2D eigenvalue weighted by Gasteiger charge is -2.17. The van der Waals surface area contributed by atoms with E-state index in [9.17, 15) is 4.79 Å². The highest BCUT2D eigenvalue weighted by Crippen LogP contribution is 2.28. The predicted octanol–water partition coefficient (Wildman–Crippen LogP) is 3.64. The zero-order chi connectivity index (χ0) is 13.0. The Morgan fingerprint density at radius 1 is 1.44 bits per heavy atom. The summed E-state index contributed by atoms with van der Waals surface area (Å²) in [6.45, 7) is 0. The molecule has 2 rings (SSSR count). The number of anilines is 1. The van der Waals surface area contributed by atoms with Crippen molar-refractivity contribution < 1.29 is 9.53 Å². The summed E-state index contributed by atoms with van der Waals surface area (Å²) in [5, 5.41) is 3.37. The molecule has 96 valence electrons. The van der Waals surface area contributed by atoms with E-state index >= 15 is 0 Å². The summed E-state index contributed by atoms with van der Waals surface area (Å²) >= 11 is 6.08. The molecule has 0 heterocycles. The molecule has 1 aliphatic rings. The Balaban J connectivity index is 2.04. The Labute approximate surface area is 112 Å². The Morgan fingerprint density at radius 3 is 2.89 bits per heavy atom. The van der Waals surface area contributed by atoms with Gasteiger partial charge in [0.15, 0.2) is 0 Å². The van der Waals surface area contributed by atoms with Gasteiger partial charge >= 0.3 is 0 Å². The van der Waals surface area contributed by atoms with Crippen molar-refractivity contribution in [3.63, 3.8) is 0 Å². The van der Waals surface area contributed by atoms with Gasteiger partial charge in [0.25, 0.3) is 0 Å². The molecule has 1 amide bonds. The first-order valence-corrected chi connectivity index (χ1v) is 6.38. The lowest BCUT2D eigenvalue weighted by Crippen LogP contribution is -2.23. The predicted molar refractivity (Wildman–Crippen MR) is 73.1 cm³/mol. The van der Waals surface area contributed by atoms with Gasteiger partial charge in [-0.05, 0) is 31.4 Å². The molecule has 1 unspecified atom stereocenters. The number of nitrogens with one attached hydrogen (secondary N) is 1. The topological polar surface area (TPSA) is 38.3 Å². The SMILES string of the molecule is COc1ccc(NC(=O)C2CC=CCC2)c(Cl)c1.